The van der Waals surface area contributed by atoms with Gasteiger partial charge in [0, 0.05) is 14.2 Å². The number of methoxy groups -OCH3 is 2. The third-order valence-electron chi connectivity index (χ3n) is 1.80. The largest absolute Gasteiger partial charge is 0.374 e. The SMILES string of the molecule is COC(SSC(OC)[SiH](C)C)[SiH](C)C. The molecule has 0 aliphatic heterocycles. The van der Waals surface area contributed by atoms with Crippen molar-refractivity contribution >= 4 is 39.2 Å². The minimum atomic E-state index is -0.707. The maximum absolute atomic E-state index is 5.45. The molecule has 0 rings (SSSR count). The first-order chi connectivity index (χ1) is 6.52. The van der Waals surface area contributed by atoms with E-state index in [1.54, 1.807) is 14.2 Å². The van der Waals surface area contributed by atoms with Gasteiger partial charge in [-0.25, -0.2) is 0 Å². The molecule has 0 aliphatic rings. The van der Waals surface area contributed by atoms with Gasteiger partial charge < -0.3 is 9.47 Å². The summed E-state index contributed by atoms with van der Waals surface area (Å²) in [7, 11) is 5.91. The Kier molecular flexibility index (Phi) is 8.85. The Balaban J connectivity index is 3.88. The van der Waals surface area contributed by atoms with Gasteiger partial charge in [0.05, 0.1) is 27.7 Å². The fourth-order valence-electron chi connectivity index (χ4n) is 0.955. The van der Waals surface area contributed by atoms with Gasteiger partial charge in [0.25, 0.3) is 0 Å². The van der Waals surface area contributed by atoms with E-state index in [9.17, 15) is 0 Å². The van der Waals surface area contributed by atoms with Crippen molar-refractivity contribution < 1.29 is 9.47 Å². The maximum Gasteiger partial charge on any atom is 0.0971 e. The van der Waals surface area contributed by atoms with Crippen LogP contribution < -0.4 is 0 Å². The van der Waals surface area contributed by atoms with Crippen LogP contribution in [0, 0.1) is 0 Å². The molecule has 0 saturated carbocycles. The number of hydrogen-bond acceptors (Lipinski definition) is 4. The summed E-state index contributed by atoms with van der Waals surface area (Å²) in [6.07, 6.45) is 0. The van der Waals surface area contributed by atoms with Gasteiger partial charge in [-0.05, 0) is 0 Å². The molecule has 0 saturated heterocycles. The van der Waals surface area contributed by atoms with E-state index in [0.29, 0.717) is 10.1 Å². The fourth-order valence-corrected chi connectivity index (χ4v) is 10.5. The molecular formula is C8H22O2S2Si2. The third-order valence-corrected chi connectivity index (χ3v) is 12.1. The molecule has 0 amide bonds. The molecule has 0 N–H and O–H groups in total. The molecule has 0 spiro atoms. The molecule has 0 heterocycles. The van der Waals surface area contributed by atoms with Crippen LogP contribution in [0.3, 0.4) is 0 Å². The van der Waals surface area contributed by atoms with Crippen molar-refractivity contribution in [3.8, 4) is 0 Å². The first-order valence-corrected chi connectivity index (χ1v) is 13.1. The van der Waals surface area contributed by atoms with Crippen LogP contribution in [0.15, 0.2) is 0 Å². The molecule has 0 aromatic heterocycles. The average Bonchev–Trinajstić information content (AvgIpc) is 2.11. The van der Waals surface area contributed by atoms with Crippen LogP contribution in [0.4, 0.5) is 0 Å². The van der Waals surface area contributed by atoms with E-state index >= 15 is 0 Å². The summed E-state index contributed by atoms with van der Waals surface area (Å²) in [5.74, 6) is 0. The molecule has 86 valence electrons. The van der Waals surface area contributed by atoms with Crippen LogP contribution in [-0.4, -0.2) is 41.9 Å². The smallest absolute Gasteiger partial charge is 0.0971 e. The van der Waals surface area contributed by atoms with Crippen LogP contribution in [0.1, 0.15) is 0 Å². The van der Waals surface area contributed by atoms with Crippen molar-refractivity contribution in [1.82, 2.24) is 0 Å². The molecule has 0 aromatic rings. The predicted molar refractivity (Wildman–Crippen MR) is 74.5 cm³/mol. The van der Waals surface area contributed by atoms with Crippen molar-refractivity contribution in [1.29, 1.82) is 0 Å². The monoisotopic (exact) mass is 270 g/mol. The maximum atomic E-state index is 5.45. The highest BCUT2D eigenvalue weighted by molar-refractivity contribution is 8.77. The molecule has 0 fully saturated rings. The second kappa shape index (κ2) is 8.23. The lowest BCUT2D eigenvalue weighted by Crippen LogP contribution is -2.26. The minimum absolute atomic E-state index is 0.408. The summed E-state index contributed by atoms with van der Waals surface area (Å²) in [5, 5.41) is 0.816. The molecular weight excluding hydrogens is 248 g/mol. The van der Waals surface area contributed by atoms with E-state index in [1.807, 2.05) is 21.6 Å². The number of hydrogen-bond donors (Lipinski definition) is 0. The van der Waals surface area contributed by atoms with Gasteiger partial charge in [0.15, 0.2) is 0 Å². The Hall–Kier alpha value is 1.05. The zero-order chi connectivity index (χ0) is 11.1. The van der Waals surface area contributed by atoms with E-state index in [0.717, 1.165) is 0 Å². The summed E-state index contributed by atoms with van der Waals surface area (Å²) < 4.78 is 10.9. The Labute approximate surface area is 99.1 Å². The Morgan fingerprint density at radius 1 is 0.786 bits per heavy atom. The standard InChI is InChI=1S/C8H22O2S2Si2/c1-9-7(13(3)4)11-12-8(10-2)14(5)6/h7-8,13-14H,1-6H3. The van der Waals surface area contributed by atoms with Gasteiger partial charge in [-0.2, -0.15) is 0 Å². The van der Waals surface area contributed by atoms with Gasteiger partial charge in [0.1, 0.15) is 0 Å². The number of rotatable bonds is 7. The molecule has 14 heavy (non-hydrogen) atoms. The van der Waals surface area contributed by atoms with Gasteiger partial charge in [-0.15, -0.1) is 0 Å². The second-order valence-corrected chi connectivity index (χ2v) is 13.5. The van der Waals surface area contributed by atoms with Crippen LogP contribution in [0.5, 0.6) is 0 Å². The number of ether oxygens (including phenoxy) is 2. The molecule has 0 aliphatic carbocycles. The van der Waals surface area contributed by atoms with E-state index in [2.05, 4.69) is 26.2 Å². The molecule has 6 heteroatoms. The normalized spacial score (nSPS) is 16.3. The summed E-state index contributed by atoms with van der Waals surface area (Å²) in [4.78, 5) is 0. The van der Waals surface area contributed by atoms with E-state index in [4.69, 9.17) is 9.47 Å². The van der Waals surface area contributed by atoms with E-state index in [1.165, 1.54) is 0 Å². The minimum Gasteiger partial charge on any atom is -0.374 e. The van der Waals surface area contributed by atoms with Crippen molar-refractivity contribution in [3.63, 3.8) is 0 Å². The van der Waals surface area contributed by atoms with Gasteiger partial charge in [-0.3, -0.25) is 0 Å². The predicted octanol–water partition coefficient (Wildman–Crippen LogP) is 2.36. The molecule has 2 nitrogen and oxygen atoms in total. The highest BCUT2D eigenvalue weighted by Crippen LogP contribution is 2.34. The van der Waals surface area contributed by atoms with Crippen molar-refractivity contribution in [2.24, 2.45) is 0 Å². The van der Waals surface area contributed by atoms with Gasteiger partial charge in [-0.1, -0.05) is 47.8 Å². The quantitative estimate of drug-likeness (QED) is 0.401. The van der Waals surface area contributed by atoms with E-state index < -0.39 is 17.6 Å². The summed E-state index contributed by atoms with van der Waals surface area (Å²) in [5.41, 5.74) is 0. The van der Waals surface area contributed by atoms with Crippen LogP contribution in [-0.2, 0) is 9.47 Å². The lowest BCUT2D eigenvalue weighted by Gasteiger charge is -2.22. The summed E-state index contributed by atoms with van der Waals surface area (Å²) >= 11 is 0. The Morgan fingerprint density at radius 3 is 1.21 bits per heavy atom. The third kappa shape index (κ3) is 5.82. The lowest BCUT2D eigenvalue weighted by molar-refractivity contribution is 0.223. The van der Waals surface area contributed by atoms with Gasteiger partial charge >= 0.3 is 0 Å². The zero-order valence-corrected chi connectivity index (χ0v) is 13.9. The highest BCUT2D eigenvalue weighted by Gasteiger charge is 2.20. The Bertz CT molecular complexity index is 131. The topological polar surface area (TPSA) is 18.5 Å². The molecule has 2 unspecified atom stereocenters. The highest BCUT2D eigenvalue weighted by atomic mass is 33.1. The second-order valence-electron chi connectivity index (χ2n) is 3.89. The van der Waals surface area contributed by atoms with E-state index in [-0.39, 0.29) is 0 Å². The summed E-state index contributed by atoms with van der Waals surface area (Å²) in [6, 6.07) is 0. The molecule has 0 radical (unpaired) electrons. The lowest BCUT2D eigenvalue weighted by atomic mass is 11.5. The van der Waals surface area contributed by atoms with Crippen LogP contribution in [0.25, 0.3) is 0 Å². The van der Waals surface area contributed by atoms with Crippen molar-refractivity contribution in [2.45, 2.75) is 36.3 Å². The zero-order valence-electron chi connectivity index (χ0n) is 9.94. The van der Waals surface area contributed by atoms with Crippen LogP contribution in [0.2, 0.25) is 26.2 Å². The van der Waals surface area contributed by atoms with Gasteiger partial charge in [0.2, 0.25) is 0 Å². The van der Waals surface area contributed by atoms with Crippen molar-refractivity contribution in [2.75, 3.05) is 14.2 Å². The van der Waals surface area contributed by atoms with Crippen LogP contribution >= 0.6 is 21.6 Å². The average molecular weight is 271 g/mol. The van der Waals surface area contributed by atoms with Crippen molar-refractivity contribution in [3.05, 3.63) is 0 Å². The summed E-state index contributed by atoms with van der Waals surface area (Å²) in [6.45, 7) is 9.26. The molecule has 0 bridgehead atoms. The molecule has 0 aromatic carbocycles. The first-order valence-electron chi connectivity index (χ1n) is 4.90. The Morgan fingerprint density at radius 2 is 1.07 bits per heavy atom. The molecule has 2 atom stereocenters. The first kappa shape index (κ1) is 15.1. The fraction of sp³-hybridized carbons (Fsp3) is 1.00.